The minimum Gasteiger partial charge on any atom is -0.350 e. The van der Waals surface area contributed by atoms with Gasteiger partial charge in [-0.2, -0.15) is 0 Å². The van der Waals surface area contributed by atoms with Crippen LogP contribution in [0.5, 0.6) is 0 Å². The normalized spacial score (nSPS) is 13.5. The topological polar surface area (TPSA) is 95.6 Å². The number of rotatable bonds is 5. The van der Waals surface area contributed by atoms with Gasteiger partial charge in [0.2, 0.25) is 5.91 Å². The molecule has 1 heterocycles. The molecule has 7 nitrogen and oxygen atoms in total. The highest BCUT2D eigenvalue weighted by Crippen LogP contribution is 2.23. The molecule has 0 unspecified atom stereocenters. The van der Waals surface area contributed by atoms with Crippen molar-refractivity contribution in [3.63, 3.8) is 0 Å². The molecular formula is C18H21N3O4. The molecule has 0 bridgehead atoms. The zero-order valence-corrected chi connectivity index (χ0v) is 14.5. The van der Waals surface area contributed by atoms with E-state index in [1.54, 1.807) is 0 Å². The number of carbonyl (C=O) groups is 4. The van der Waals surface area contributed by atoms with Gasteiger partial charge >= 0.3 is 0 Å². The monoisotopic (exact) mass is 343 g/mol. The zero-order chi connectivity index (χ0) is 18.8. The molecule has 0 radical (unpaired) electrons. The van der Waals surface area contributed by atoms with Crippen LogP contribution < -0.4 is 10.6 Å². The predicted octanol–water partition coefficient (Wildman–Crippen LogP) is 1.11. The first-order valence-corrected chi connectivity index (χ1v) is 7.84. The molecule has 1 aromatic rings. The summed E-state index contributed by atoms with van der Waals surface area (Å²) in [5.41, 5.74) is 0.257. The zero-order valence-electron chi connectivity index (χ0n) is 14.5. The summed E-state index contributed by atoms with van der Waals surface area (Å²) in [4.78, 5) is 49.4. The summed E-state index contributed by atoms with van der Waals surface area (Å²) >= 11 is 0. The molecule has 2 rings (SSSR count). The van der Waals surface area contributed by atoms with Gasteiger partial charge < -0.3 is 10.6 Å². The van der Waals surface area contributed by atoms with Crippen molar-refractivity contribution in [2.24, 2.45) is 0 Å². The van der Waals surface area contributed by atoms with Gasteiger partial charge in [-0.1, -0.05) is 6.08 Å². The van der Waals surface area contributed by atoms with Crippen LogP contribution in [0.2, 0.25) is 0 Å². The van der Waals surface area contributed by atoms with Gasteiger partial charge in [-0.3, -0.25) is 24.1 Å². The quantitative estimate of drug-likeness (QED) is 0.618. The molecule has 1 aliphatic heterocycles. The van der Waals surface area contributed by atoms with E-state index in [-0.39, 0.29) is 35.7 Å². The van der Waals surface area contributed by atoms with Crippen molar-refractivity contribution in [1.82, 2.24) is 15.5 Å². The van der Waals surface area contributed by atoms with E-state index in [0.717, 1.165) is 4.90 Å². The molecule has 0 saturated heterocycles. The molecule has 1 aromatic carbocycles. The lowest BCUT2D eigenvalue weighted by Gasteiger charge is -2.20. The molecule has 0 aliphatic carbocycles. The van der Waals surface area contributed by atoms with Crippen LogP contribution in [0.15, 0.2) is 30.9 Å². The second-order valence-corrected chi connectivity index (χ2v) is 6.75. The number of amides is 4. The lowest BCUT2D eigenvalue weighted by Crippen LogP contribution is -2.45. The Hall–Kier alpha value is -2.96. The number of fused-ring (bicyclic) bond motifs is 1. The fourth-order valence-corrected chi connectivity index (χ4v) is 2.45. The molecule has 7 heteroatoms. The number of nitrogens with zero attached hydrogens (tertiary/aromatic N) is 1. The van der Waals surface area contributed by atoms with Crippen LogP contribution in [0.4, 0.5) is 0 Å². The van der Waals surface area contributed by atoms with Crippen molar-refractivity contribution in [2.75, 3.05) is 13.1 Å². The van der Waals surface area contributed by atoms with Gasteiger partial charge in [0.25, 0.3) is 17.7 Å². The second-order valence-electron chi connectivity index (χ2n) is 6.75. The van der Waals surface area contributed by atoms with Crippen LogP contribution in [0.3, 0.4) is 0 Å². The molecule has 0 atom stereocenters. The lowest BCUT2D eigenvalue weighted by atomic mass is 10.1. The van der Waals surface area contributed by atoms with Crippen LogP contribution in [-0.4, -0.2) is 47.2 Å². The maximum Gasteiger partial charge on any atom is 0.261 e. The third-order valence-corrected chi connectivity index (χ3v) is 3.47. The summed E-state index contributed by atoms with van der Waals surface area (Å²) in [7, 11) is 0. The number of benzene rings is 1. The van der Waals surface area contributed by atoms with Gasteiger partial charge in [0.05, 0.1) is 17.7 Å². The van der Waals surface area contributed by atoms with Crippen LogP contribution in [0, 0.1) is 0 Å². The Kier molecular flexibility index (Phi) is 5.06. The summed E-state index contributed by atoms with van der Waals surface area (Å²) < 4.78 is 0. The maximum absolute atomic E-state index is 12.3. The highest BCUT2D eigenvalue weighted by molar-refractivity contribution is 6.22. The summed E-state index contributed by atoms with van der Waals surface area (Å²) in [5.74, 6) is -1.67. The Balaban J connectivity index is 2.09. The van der Waals surface area contributed by atoms with Crippen molar-refractivity contribution in [3.05, 3.63) is 47.5 Å². The first kappa shape index (κ1) is 18.4. The van der Waals surface area contributed by atoms with Gasteiger partial charge in [0, 0.05) is 17.6 Å². The first-order valence-electron chi connectivity index (χ1n) is 7.84. The van der Waals surface area contributed by atoms with Gasteiger partial charge in [-0.25, -0.2) is 0 Å². The van der Waals surface area contributed by atoms with E-state index < -0.39 is 23.3 Å². The van der Waals surface area contributed by atoms with E-state index in [4.69, 9.17) is 0 Å². The molecule has 4 amide bonds. The van der Waals surface area contributed by atoms with Gasteiger partial charge in [-0.05, 0) is 39.0 Å². The molecule has 1 aliphatic rings. The van der Waals surface area contributed by atoms with E-state index in [2.05, 4.69) is 17.2 Å². The van der Waals surface area contributed by atoms with E-state index in [9.17, 15) is 19.2 Å². The summed E-state index contributed by atoms with van der Waals surface area (Å²) in [6, 6.07) is 4.27. The van der Waals surface area contributed by atoms with Gasteiger partial charge in [-0.15, -0.1) is 6.58 Å². The highest BCUT2D eigenvalue weighted by Gasteiger charge is 2.35. The highest BCUT2D eigenvalue weighted by atomic mass is 16.2. The third-order valence-electron chi connectivity index (χ3n) is 3.47. The van der Waals surface area contributed by atoms with Crippen molar-refractivity contribution < 1.29 is 19.2 Å². The average molecular weight is 343 g/mol. The van der Waals surface area contributed by atoms with Crippen LogP contribution >= 0.6 is 0 Å². The Morgan fingerprint density at radius 2 is 1.80 bits per heavy atom. The fraction of sp³-hybridized carbons (Fsp3) is 0.333. The van der Waals surface area contributed by atoms with E-state index in [1.165, 1.54) is 24.3 Å². The summed E-state index contributed by atoms with van der Waals surface area (Å²) in [6.07, 6.45) is 1.46. The number of carbonyl (C=O) groups excluding carboxylic acids is 4. The molecule has 0 aromatic heterocycles. The smallest absolute Gasteiger partial charge is 0.261 e. The van der Waals surface area contributed by atoms with Crippen molar-refractivity contribution >= 4 is 23.6 Å². The SMILES string of the molecule is C=CCN1C(=O)c2ccc(C(=O)NCC(=O)NC(C)(C)C)cc2C1=O. The van der Waals surface area contributed by atoms with Crippen LogP contribution in [-0.2, 0) is 4.79 Å². The second kappa shape index (κ2) is 6.88. The minimum atomic E-state index is -0.491. The standard InChI is InChI=1S/C18H21N3O4/c1-5-8-21-16(24)12-7-6-11(9-13(12)17(21)25)15(23)19-10-14(22)20-18(2,3)4/h5-7,9H,1,8,10H2,2-4H3,(H,19,23)(H,20,22). The Bertz CT molecular complexity index is 762. The Morgan fingerprint density at radius 1 is 1.16 bits per heavy atom. The Labute approximate surface area is 146 Å². The average Bonchev–Trinajstić information content (AvgIpc) is 2.76. The van der Waals surface area contributed by atoms with Gasteiger partial charge in [0.15, 0.2) is 0 Å². The maximum atomic E-state index is 12.3. The largest absolute Gasteiger partial charge is 0.350 e. The van der Waals surface area contributed by atoms with Crippen LogP contribution in [0.1, 0.15) is 51.8 Å². The molecule has 2 N–H and O–H groups in total. The van der Waals surface area contributed by atoms with E-state index in [0.29, 0.717) is 0 Å². The minimum absolute atomic E-state index is 0.112. The Morgan fingerprint density at radius 3 is 2.40 bits per heavy atom. The molecule has 25 heavy (non-hydrogen) atoms. The van der Waals surface area contributed by atoms with E-state index in [1.807, 2.05) is 20.8 Å². The lowest BCUT2D eigenvalue weighted by molar-refractivity contribution is -0.121. The summed E-state index contributed by atoms with van der Waals surface area (Å²) in [6.45, 7) is 8.97. The van der Waals surface area contributed by atoms with Gasteiger partial charge in [0.1, 0.15) is 0 Å². The molecule has 0 spiro atoms. The fourth-order valence-electron chi connectivity index (χ4n) is 2.45. The van der Waals surface area contributed by atoms with Crippen molar-refractivity contribution in [2.45, 2.75) is 26.3 Å². The molecular weight excluding hydrogens is 322 g/mol. The number of nitrogens with one attached hydrogen (secondary N) is 2. The third kappa shape index (κ3) is 4.12. The predicted molar refractivity (Wildman–Crippen MR) is 92.2 cm³/mol. The molecule has 132 valence electrons. The molecule has 0 saturated carbocycles. The van der Waals surface area contributed by atoms with Crippen molar-refractivity contribution in [1.29, 1.82) is 0 Å². The number of hydrogen-bond acceptors (Lipinski definition) is 4. The van der Waals surface area contributed by atoms with E-state index >= 15 is 0 Å². The van der Waals surface area contributed by atoms with Crippen molar-refractivity contribution in [3.8, 4) is 0 Å². The summed E-state index contributed by atoms with van der Waals surface area (Å²) in [5, 5.41) is 5.23. The van der Waals surface area contributed by atoms with Crippen LogP contribution in [0.25, 0.3) is 0 Å². The number of hydrogen-bond donors (Lipinski definition) is 2. The number of imide groups is 1. The first-order chi connectivity index (χ1) is 11.6. The molecule has 0 fully saturated rings.